The predicted octanol–water partition coefficient (Wildman–Crippen LogP) is 5.00. The molecule has 0 saturated carbocycles. The van der Waals surface area contributed by atoms with Crippen molar-refractivity contribution < 1.29 is 39.5 Å². The summed E-state index contributed by atoms with van der Waals surface area (Å²) in [5.74, 6) is 0.531. The number of hydrogen-bond donors (Lipinski definition) is 4. The van der Waals surface area contributed by atoms with Crippen LogP contribution < -0.4 is 0 Å². The molecule has 0 unspecified atom stereocenters. The maximum absolute atomic E-state index is 9.49. The first-order chi connectivity index (χ1) is 14.3. The Hall–Kier alpha value is -4.20. The largest absolute Gasteiger partial charge is 0.508 e. The Bertz CT molecular complexity index is 739. The molecule has 8 nitrogen and oxygen atoms in total. The van der Waals surface area contributed by atoms with E-state index in [1.54, 1.807) is 24.3 Å². The molecule has 0 bridgehead atoms. The van der Waals surface area contributed by atoms with Crippen molar-refractivity contribution in [2.24, 2.45) is 0 Å². The second-order valence-electron chi connectivity index (χ2n) is 5.25. The highest BCUT2D eigenvalue weighted by molar-refractivity contribution is 5.70. The summed E-state index contributed by atoms with van der Waals surface area (Å²) >= 11 is 0. The third kappa shape index (κ3) is 14.9. The fourth-order valence-electron chi connectivity index (χ4n) is 1.62. The lowest BCUT2D eigenvalue weighted by molar-refractivity contribution is 0.101. The van der Waals surface area contributed by atoms with E-state index in [2.05, 4.69) is 22.6 Å². The molecule has 0 fully saturated rings. The first kappa shape index (κ1) is 25.8. The summed E-state index contributed by atoms with van der Waals surface area (Å²) in [6.07, 6.45) is 4.11. The fourth-order valence-corrected chi connectivity index (χ4v) is 1.62. The highest BCUT2D eigenvalue weighted by Gasteiger charge is 1.90. The normalized spacial score (nSPS) is 9.20. The molecular formula is C22H24O8. The number of phenols is 2. The Balaban J connectivity index is 0.000000503. The number of rotatable bonds is 6. The van der Waals surface area contributed by atoms with Gasteiger partial charge in [-0.1, -0.05) is 61.7 Å². The Morgan fingerprint density at radius 2 is 1.00 bits per heavy atom. The molecule has 2 rings (SSSR count). The Labute approximate surface area is 174 Å². The third-order valence-electron chi connectivity index (χ3n) is 2.90. The van der Waals surface area contributed by atoms with Crippen LogP contribution in [0.15, 0.2) is 73.8 Å². The molecule has 0 heterocycles. The summed E-state index contributed by atoms with van der Waals surface area (Å²) in [4.78, 5) is 19.0. The van der Waals surface area contributed by atoms with Gasteiger partial charge in [0.05, 0.1) is 0 Å². The number of carbonyl (C=O) groups is 2. The average molecular weight is 416 g/mol. The molecular weight excluding hydrogens is 392 g/mol. The van der Waals surface area contributed by atoms with Gasteiger partial charge in [0.15, 0.2) is 0 Å². The predicted molar refractivity (Wildman–Crippen MR) is 113 cm³/mol. The standard InChI is InChI=1S/C14H12O2.2C4H6O3/c15-13-7-3-11(4-8-13)1-2-12-5-9-14(16)10-6-12;2*1-2-3-7-4(5)6/h1-10,15-16H;2*2H,1,3H2,(H,5,6). The van der Waals surface area contributed by atoms with Crippen LogP contribution in [0.25, 0.3) is 12.2 Å². The van der Waals surface area contributed by atoms with Crippen LogP contribution in [0.1, 0.15) is 11.1 Å². The molecule has 4 N–H and O–H groups in total. The minimum Gasteiger partial charge on any atom is -0.508 e. The SMILES string of the molecule is C=CCOC(=O)O.C=CCOC(=O)O.Oc1ccc(C=Cc2ccc(O)cc2)cc1. The van der Waals surface area contributed by atoms with Crippen molar-refractivity contribution in [1.82, 2.24) is 0 Å². The minimum atomic E-state index is -1.26. The topological polar surface area (TPSA) is 134 Å². The molecule has 0 radical (unpaired) electrons. The van der Waals surface area contributed by atoms with Gasteiger partial charge < -0.3 is 29.9 Å². The fraction of sp³-hybridized carbons (Fsp3) is 0.0909. The summed E-state index contributed by atoms with van der Waals surface area (Å²) in [6.45, 7) is 6.62. The van der Waals surface area contributed by atoms with E-state index in [0.29, 0.717) is 0 Å². The van der Waals surface area contributed by atoms with Crippen LogP contribution in [0.2, 0.25) is 0 Å². The van der Waals surface area contributed by atoms with E-state index in [4.69, 9.17) is 20.4 Å². The van der Waals surface area contributed by atoms with Gasteiger partial charge in [0, 0.05) is 0 Å². The summed E-state index contributed by atoms with van der Waals surface area (Å²) in [5.41, 5.74) is 2.04. The number of hydrogen-bond acceptors (Lipinski definition) is 6. The average Bonchev–Trinajstić information content (AvgIpc) is 2.72. The van der Waals surface area contributed by atoms with Crippen LogP contribution in [0.5, 0.6) is 11.5 Å². The van der Waals surface area contributed by atoms with E-state index in [-0.39, 0.29) is 24.7 Å². The number of aromatic hydroxyl groups is 2. The molecule has 8 heteroatoms. The van der Waals surface area contributed by atoms with E-state index in [0.717, 1.165) is 11.1 Å². The van der Waals surface area contributed by atoms with Crippen molar-refractivity contribution in [3.63, 3.8) is 0 Å². The number of phenolic OH excluding ortho intramolecular Hbond substituents is 2. The van der Waals surface area contributed by atoms with E-state index in [1.807, 2.05) is 36.4 Å². The zero-order chi connectivity index (χ0) is 22.8. The van der Waals surface area contributed by atoms with Crippen LogP contribution >= 0.6 is 0 Å². The first-order valence-electron chi connectivity index (χ1n) is 8.47. The van der Waals surface area contributed by atoms with Gasteiger partial charge >= 0.3 is 12.3 Å². The smallest absolute Gasteiger partial charge is 0.506 e. The number of benzene rings is 2. The summed E-state index contributed by atoms with van der Waals surface area (Å²) in [7, 11) is 0. The summed E-state index contributed by atoms with van der Waals surface area (Å²) in [6, 6.07) is 14.0. The molecule has 0 amide bonds. The van der Waals surface area contributed by atoms with Gasteiger partial charge in [0.25, 0.3) is 0 Å². The lowest BCUT2D eigenvalue weighted by Gasteiger charge is -1.96. The molecule has 2 aromatic carbocycles. The monoisotopic (exact) mass is 416 g/mol. The molecule has 0 aromatic heterocycles. The van der Waals surface area contributed by atoms with E-state index >= 15 is 0 Å². The lowest BCUT2D eigenvalue weighted by Crippen LogP contribution is -1.98. The van der Waals surface area contributed by atoms with Crippen LogP contribution in [0, 0.1) is 0 Å². The van der Waals surface area contributed by atoms with Gasteiger partial charge in [-0.3, -0.25) is 0 Å². The lowest BCUT2D eigenvalue weighted by atomic mass is 10.1. The van der Waals surface area contributed by atoms with Crippen molar-refractivity contribution in [2.75, 3.05) is 13.2 Å². The highest BCUT2D eigenvalue weighted by atomic mass is 16.7. The van der Waals surface area contributed by atoms with Crippen LogP contribution in [0.4, 0.5) is 9.59 Å². The molecule has 2 aromatic rings. The Morgan fingerprint density at radius 3 is 1.20 bits per heavy atom. The number of carboxylic acid groups (broad SMARTS) is 2. The zero-order valence-corrected chi connectivity index (χ0v) is 16.2. The number of ether oxygens (including phenoxy) is 2. The molecule has 0 saturated heterocycles. The second-order valence-corrected chi connectivity index (χ2v) is 5.25. The zero-order valence-electron chi connectivity index (χ0n) is 16.2. The second kappa shape index (κ2) is 15.8. The van der Waals surface area contributed by atoms with Crippen molar-refractivity contribution in [2.45, 2.75) is 0 Å². The summed E-state index contributed by atoms with van der Waals surface area (Å²) in [5, 5.41) is 33.8. The first-order valence-corrected chi connectivity index (χ1v) is 8.47. The van der Waals surface area contributed by atoms with Crippen molar-refractivity contribution in [3.05, 3.63) is 85.0 Å². The molecule has 0 atom stereocenters. The van der Waals surface area contributed by atoms with E-state index in [1.165, 1.54) is 12.2 Å². The van der Waals surface area contributed by atoms with Gasteiger partial charge in [-0.05, 0) is 35.4 Å². The summed E-state index contributed by atoms with van der Waals surface area (Å²) < 4.78 is 7.98. The maximum atomic E-state index is 9.49. The quantitative estimate of drug-likeness (QED) is 0.294. The molecule has 0 aliphatic carbocycles. The van der Waals surface area contributed by atoms with Gasteiger partial charge in [0.1, 0.15) is 24.7 Å². The maximum Gasteiger partial charge on any atom is 0.506 e. The van der Waals surface area contributed by atoms with Crippen LogP contribution in [-0.4, -0.2) is 46.0 Å². The van der Waals surface area contributed by atoms with E-state index < -0.39 is 12.3 Å². The van der Waals surface area contributed by atoms with Gasteiger partial charge in [-0.2, -0.15) is 0 Å². The third-order valence-corrected chi connectivity index (χ3v) is 2.90. The molecule has 0 aliphatic heterocycles. The van der Waals surface area contributed by atoms with Gasteiger partial charge in [-0.25, -0.2) is 9.59 Å². The minimum absolute atomic E-state index is 0.0648. The molecule has 0 aliphatic rings. The molecule has 160 valence electrons. The Morgan fingerprint density at radius 1 is 0.700 bits per heavy atom. The van der Waals surface area contributed by atoms with Crippen LogP contribution in [-0.2, 0) is 9.47 Å². The Kier molecular flexibility index (Phi) is 13.6. The van der Waals surface area contributed by atoms with E-state index in [9.17, 15) is 9.59 Å². The van der Waals surface area contributed by atoms with Gasteiger partial charge in [-0.15, -0.1) is 0 Å². The highest BCUT2D eigenvalue weighted by Crippen LogP contribution is 2.14. The molecule has 30 heavy (non-hydrogen) atoms. The molecule has 0 spiro atoms. The van der Waals surface area contributed by atoms with Crippen molar-refractivity contribution in [1.29, 1.82) is 0 Å². The van der Waals surface area contributed by atoms with Crippen molar-refractivity contribution in [3.8, 4) is 11.5 Å². The van der Waals surface area contributed by atoms with Gasteiger partial charge in [0.2, 0.25) is 0 Å². The van der Waals surface area contributed by atoms with Crippen LogP contribution in [0.3, 0.4) is 0 Å². The van der Waals surface area contributed by atoms with Crippen molar-refractivity contribution >= 4 is 24.5 Å².